The van der Waals surface area contributed by atoms with Crippen molar-refractivity contribution in [3.8, 4) is 5.75 Å². The predicted molar refractivity (Wildman–Crippen MR) is 86.9 cm³/mol. The minimum atomic E-state index is -0.844. The van der Waals surface area contributed by atoms with Crippen LogP contribution in [-0.2, 0) is 18.6 Å². The first-order chi connectivity index (χ1) is 9.91. The van der Waals surface area contributed by atoms with Crippen molar-refractivity contribution in [2.24, 2.45) is 0 Å². The Hall–Kier alpha value is -1.39. The van der Waals surface area contributed by atoms with Gasteiger partial charge in [-0.25, -0.2) is 4.98 Å². The van der Waals surface area contributed by atoms with Gasteiger partial charge in [0.2, 0.25) is 0 Å². The molecule has 0 saturated carbocycles. The van der Waals surface area contributed by atoms with Crippen LogP contribution >= 0.6 is 11.3 Å². The molecule has 1 N–H and O–H groups in total. The van der Waals surface area contributed by atoms with Gasteiger partial charge >= 0.3 is 0 Å². The maximum atomic E-state index is 10.3. The Bertz CT molecular complexity index is 599. The van der Waals surface area contributed by atoms with Gasteiger partial charge in [0.15, 0.2) is 0 Å². The minimum Gasteiger partial charge on any atom is -0.486 e. The van der Waals surface area contributed by atoms with Gasteiger partial charge in [0.1, 0.15) is 17.4 Å². The molecule has 0 aliphatic carbocycles. The smallest absolute Gasteiger partial charge is 0.140 e. The molecule has 114 valence electrons. The summed E-state index contributed by atoms with van der Waals surface area (Å²) in [5.41, 5.74) is 1.27. The normalized spacial score (nSPS) is 11.7. The summed E-state index contributed by atoms with van der Waals surface area (Å²) in [4.78, 5) is 5.60. The molecule has 2 rings (SSSR count). The van der Waals surface area contributed by atoms with Crippen molar-refractivity contribution in [2.45, 2.75) is 52.7 Å². The first-order valence-electron chi connectivity index (χ1n) is 7.31. The van der Waals surface area contributed by atoms with E-state index in [1.165, 1.54) is 0 Å². The number of benzene rings is 1. The summed E-state index contributed by atoms with van der Waals surface area (Å²) in [5, 5.41) is 11.2. The monoisotopic (exact) mass is 305 g/mol. The molecule has 0 spiro atoms. The molecule has 0 unspecified atom stereocenters. The van der Waals surface area contributed by atoms with E-state index >= 15 is 0 Å². The number of ether oxygens (including phenoxy) is 1. The van der Waals surface area contributed by atoms with Crippen molar-refractivity contribution in [2.75, 3.05) is 0 Å². The summed E-state index contributed by atoms with van der Waals surface area (Å²) in [6.07, 6.45) is 1.91. The van der Waals surface area contributed by atoms with Crippen molar-refractivity contribution in [3.63, 3.8) is 0 Å². The third-order valence-electron chi connectivity index (χ3n) is 3.23. The number of thiazole rings is 1. The molecule has 0 bridgehead atoms. The van der Waals surface area contributed by atoms with Gasteiger partial charge < -0.3 is 9.84 Å². The van der Waals surface area contributed by atoms with Gasteiger partial charge in [-0.05, 0) is 38.8 Å². The van der Waals surface area contributed by atoms with Crippen LogP contribution < -0.4 is 4.74 Å². The zero-order chi connectivity index (χ0) is 15.5. The Morgan fingerprint density at radius 3 is 2.62 bits per heavy atom. The predicted octanol–water partition coefficient (Wildman–Crippen LogP) is 4.21. The molecule has 0 fully saturated rings. The van der Waals surface area contributed by atoms with E-state index in [2.05, 4.69) is 11.9 Å². The van der Waals surface area contributed by atoms with E-state index in [0.29, 0.717) is 6.61 Å². The highest BCUT2D eigenvalue weighted by molar-refractivity contribution is 7.11. The molecule has 1 heterocycles. The van der Waals surface area contributed by atoms with Gasteiger partial charge in [-0.3, -0.25) is 0 Å². The van der Waals surface area contributed by atoms with E-state index < -0.39 is 5.60 Å². The maximum absolute atomic E-state index is 10.3. The van der Waals surface area contributed by atoms with Gasteiger partial charge in [-0.15, -0.1) is 11.3 Å². The topological polar surface area (TPSA) is 42.4 Å². The zero-order valence-electron chi connectivity index (χ0n) is 13.1. The molecule has 2 aromatic rings. The second-order valence-corrected chi connectivity index (χ2v) is 6.83. The molecule has 0 saturated heterocycles. The Labute approximate surface area is 130 Å². The molecule has 0 atom stereocenters. The second kappa shape index (κ2) is 6.58. The van der Waals surface area contributed by atoms with Crippen molar-refractivity contribution in [1.29, 1.82) is 0 Å². The standard InChI is InChI=1S/C17H23NO2S/c1-5-8-13-16(17(3,4)19)21-15(18-13)11-20-14-10-7-6-9-12(14)2/h6-7,9-10,19H,5,8,11H2,1-4H3. The molecule has 3 nitrogen and oxygen atoms in total. The Morgan fingerprint density at radius 2 is 2.00 bits per heavy atom. The fourth-order valence-electron chi connectivity index (χ4n) is 2.20. The van der Waals surface area contributed by atoms with Crippen LogP contribution in [0.2, 0.25) is 0 Å². The van der Waals surface area contributed by atoms with Gasteiger partial charge in [0, 0.05) is 0 Å². The average Bonchev–Trinajstić information content (AvgIpc) is 2.81. The average molecular weight is 305 g/mol. The molecule has 0 radical (unpaired) electrons. The van der Waals surface area contributed by atoms with Crippen molar-refractivity contribution in [3.05, 3.63) is 45.4 Å². The van der Waals surface area contributed by atoms with Crippen LogP contribution in [0.25, 0.3) is 0 Å². The summed E-state index contributed by atoms with van der Waals surface area (Å²) in [5.74, 6) is 0.884. The highest BCUT2D eigenvalue weighted by Gasteiger charge is 2.24. The van der Waals surface area contributed by atoms with Crippen molar-refractivity contribution in [1.82, 2.24) is 4.98 Å². The van der Waals surface area contributed by atoms with Crippen molar-refractivity contribution < 1.29 is 9.84 Å². The van der Waals surface area contributed by atoms with Crippen molar-refractivity contribution >= 4 is 11.3 Å². The van der Waals surface area contributed by atoms with Crippen LogP contribution in [0.1, 0.15) is 48.3 Å². The lowest BCUT2D eigenvalue weighted by Gasteiger charge is -2.16. The van der Waals surface area contributed by atoms with Crippen LogP contribution in [-0.4, -0.2) is 10.1 Å². The number of rotatable bonds is 6. The lowest BCUT2D eigenvalue weighted by molar-refractivity contribution is 0.0813. The first-order valence-corrected chi connectivity index (χ1v) is 8.13. The number of para-hydroxylation sites is 1. The lowest BCUT2D eigenvalue weighted by Crippen LogP contribution is -2.15. The molecule has 0 amide bonds. The zero-order valence-corrected chi connectivity index (χ0v) is 14.0. The molecule has 1 aromatic heterocycles. The first kappa shape index (κ1) is 16.0. The van der Waals surface area contributed by atoms with E-state index in [-0.39, 0.29) is 0 Å². The van der Waals surface area contributed by atoms with E-state index in [0.717, 1.165) is 39.7 Å². The molecule has 4 heteroatoms. The number of hydrogen-bond donors (Lipinski definition) is 1. The molecule has 0 aliphatic heterocycles. The largest absolute Gasteiger partial charge is 0.486 e. The van der Waals surface area contributed by atoms with Crippen LogP contribution in [0.3, 0.4) is 0 Å². The highest BCUT2D eigenvalue weighted by Crippen LogP contribution is 2.31. The van der Waals surface area contributed by atoms with Crippen LogP contribution in [0.5, 0.6) is 5.75 Å². The van der Waals surface area contributed by atoms with Crippen LogP contribution in [0, 0.1) is 6.92 Å². The number of aryl methyl sites for hydroxylation is 2. The Morgan fingerprint density at radius 1 is 1.29 bits per heavy atom. The SMILES string of the molecule is CCCc1nc(COc2ccccc2C)sc1C(C)(C)O. The van der Waals surface area contributed by atoms with Gasteiger partial charge in [0.05, 0.1) is 16.2 Å². The van der Waals surface area contributed by atoms with Crippen LogP contribution in [0.15, 0.2) is 24.3 Å². The second-order valence-electron chi connectivity index (χ2n) is 5.75. The fraction of sp³-hybridized carbons (Fsp3) is 0.471. The van der Waals surface area contributed by atoms with Crippen LogP contribution in [0.4, 0.5) is 0 Å². The highest BCUT2D eigenvalue weighted by atomic mass is 32.1. The van der Waals surface area contributed by atoms with E-state index in [9.17, 15) is 5.11 Å². The Balaban J connectivity index is 2.16. The quantitative estimate of drug-likeness (QED) is 0.869. The summed E-state index contributed by atoms with van der Waals surface area (Å²) in [7, 11) is 0. The molecular weight excluding hydrogens is 282 g/mol. The molecule has 0 aliphatic rings. The maximum Gasteiger partial charge on any atom is 0.140 e. The fourth-order valence-corrected chi connectivity index (χ4v) is 3.23. The third-order valence-corrected chi connectivity index (χ3v) is 4.61. The number of aliphatic hydroxyl groups is 1. The van der Waals surface area contributed by atoms with Gasteiger partial charge in [0.25, 0.3) is 0 Å². The van der Waals surface area contributed by atoms with E-state index in [4.69, 9.17) is 4.74 Å². The molecule has 1 aromatic carbocycles. The number of nitrogens with zero attached hydrogens (tertiary/aromatic N) is 1. The summed E-state index contributed by atoms with van der Waals surface area (Å²) < 4.78 is 5.85. The molecule has 21 heavy (non-hydrogen) atoms. The minimum absolute atomic E-state index is 0.447. The summed E-state index contributed by atoms with van der Waals surface area (Å²) >= 11 is 1.55. The van der Waals surface area contributed by atoms with Gasteiger partial charge in [-0.2, -0.15) is 0 Å². The van der Waals surface area contributed by atoms with Gasteiger partial charge in [-0.1, -0.05) is 31.5 Å². The lowest BCUT2D eigenvalue weighted by atomic mass is 10.0. The Kier molecular flexibility index (Phi) is 5.01. The summed E-state index contributed by atoms with van der Waals surface area (Å²) in [6, 6.07) is 7.96. The van der Waals surface area contributed by atoms with E-state index in [1.54, 1.807) is 11.3 Å². The number of hydrogen-bond acceptors (Lipinski definition) is 4. The van der Waals surface area contributed by atoms with E-state index in [1.807, 2.05) is 45.0 Å². The number of aromatic nitrogens is 1. The third kappa shape index (κ3) is 4.05. The molecular formula is C17H23NO2S. The summed E-state index contributed by atoms with van der Waals surface area (Å²) in [6.45, 7) is 8.22.